The van der Waals surface area contributed by atoms with Gasteiger partial charge in [-0.25, -0.2) is 0 Å². The van der Waals surface area contributed by atoms with Gasteiger partial charge in [0.05, 0.1) is 0 Å². The first kappa shape index (κ1) is 13.6. The van der Waals surface area contributed by atoms with Gasteiger partial charge in [0, 0.05) is 16.7 Å². The number of thioether (sulfide) groups is 1. The number of rotatable bonds is 3. The van der Waals surface area contributed by atoms with Gasteiger partial charge in [0.2, 0.25) is 0 Å². The molecule has 1 aromatic carbocycles. The highest BCUT2D eigenvalue weighted by atomic mass is 32.2. The highest BCUT2D eigenvalue weighted by Crippen LogP contribution is 2.28. The number of hydrogen-bond acceptors (Lipinski definition) is 3. The molecule has 20 heavy (non-hydrogen) atoms. The number of hydrogen-bond donors (Lipinski definition) is 2. The van der Waals surface area contributed by atoms with E-state index >= 15 is 0 Å². The number of aromatic amines is 1. The summed E-state index contributed by atoms with van der Waals surface area (Å²) >= 11 is 1.95. The third-order valence-corrected chi connectivity index (χ3v) is 5.17. The maximum atomic E-state index is 12.1. The van der Waals surface area contributed by atoms with Gasteiger partial charge in [-0.05, 0) is 43.0 Å². The van der Waals surface area contributed by atoms with E-state index in [4.69, 9.17) is 0 Å². The van der Waals surface area contributed by atoms with Gasteiger partial charge in [0.25, 0.3) is 5.56 Å². The van der Waals surface area contributed by atoms with E-state index in [1.54, 1.807) is 0 Å². The van der Waals surface area contributed by atoms with Crippen LogP contribution in [0, 0.1) is 0 Å². The minimum absolute atomic E-state index is 0.0113. The molecule has 2 unspecified atom stereocenters. The van der Waals surface area contributed by atoms with Crippen LogP contribution < -0.4 is 10.9 Å². The molecule has 3 nitrogen and oxygen atoms in total. The van der Waals surface area contributed by atoms with Gasteiger partial charge < -0.3 is 10.3 Å². The van der Waals surface area contributed by atoms with Crippen molar-refractivity contribution >= 4 is 28.4 Å². The van der Waals surface area contributed by atoms with E-state index in [0.29, 0.717) is 6.04 Å². The quantitative estimate of drug-likeness (QED) is 0.907. The lowest BCUT2D eigenvalue weighted by Gasteiger charge is -2.29. The fraction of sp³-hybridized carbons (Fsp3) is 0.438. The third-order valence-electron chi connectivity index (χ3n) is 4.07. The van der Waals surface area contributed by atoms with Crippen molar-refractivity contribution < 1.29 is 0 Å². The fourth-order valence-electron chi connectivity index (χ4n) is 3.00. The Morgan fingerprint density at radius 3 is 3.00 bits per heavy atom. The van der Waals surface area contributed by atoms with Crippen LogP contribution in [0.2, 0.25) is 0 Å². The Hall–Kier alpha value is -1.42. The molecule has 1 fully saturated rings. The Balaban J connectivity index is 1.82. The van der Waals surface area contributed by atoms with Gasteiger partial charge in [0.1, 0.15) is 5.82 Å². The average Bonchev–Trinajstić information content (AvgIpc) is 2.47. The summed E-state index contributed by atoms with van der Waals surface area (Å²) in [4.78, 5) is 15.0. The molecule has 0 bridgehead atoms. The highest BCUT2D eigenvalue weighted by molar-refractivity contribution is 7.99. The predicted molar refractivity (Wildman–Crippen MR) is 87.8 cm³/mol. The van der Waals surface area contributed by atoms with Gasteiger partial charge in [-0.2, -0.15) is 11.8 Å². The standard InChI is InChI=1S/C16H20N2OS/c1-20-13-7-4-6-12(10-13)17-15-9-11-5-2-3-8-14(11)16(19)18-15/h2-3,5,8-9,12-13H,4,6-7,10H2,1H3,(H2,17,18,19). The lowest BCUT2D eigenvalue weighted by atomic mass is 9.95. The zero-order chi connectivity index (χ0) is 13.9. The van der Waals surface area contributed by atoms with E-state index in [0.717, 1.165) is 21.8 Å². The maximum Gasteiger partial charge on any atom is 0.257 e. The van der Waals surface area contributed by atoms with Gasteiger partial charge >= 0.3 is 0 Å². The summed E-state index contributed by atoms with van der Waals surface area (Å²) in [7, 11) is 0. The number of pyridine rings is 1. The number of H-pyrrole nitrogens is 1. The Morgan fingerprint density at radius 1 is 1.30 bits per heavy atom. The smallest absolute Gasteiger partial charge is 0.257 e. The van der Waals surface area contributed by atoms with Gasteiger partial charge in [-0.3, -0.25) is 4.79 Å². The molecule has 2 atom stereocenters. The topological polar surface area (TPSA) is 44.9 Å². The first-order valence-electron chi connectivity index (χ1n) is 7.17. The number of aromatic nitrogens is 1. The Bertz CT molecular complexity index is 652. The lowest BCUT2D eigenvalue weighted by molar-refractivity contribution is 0.473. The molecule has 3 rings (SSSR count). The minimum Gasteiger partial charge on any atom is -0.369 e. The van der Waals surface area contributed by atoms with Crippen molar-refractivity contribution in [3.63, 3.8) is 0 Å². The van der Waals surface area contributed by atoms with Crippen LogP contribution in [-0.2, 0) is 0 Å². The monoisotopic (exact) mass is 288 g/mol. The largest absolute Gasteiger partial charge is 0.369 e. The Kier molecular flexibility index (Phi) is 4.01. The molecule has 4 heteroatoms. The second kappa shape index (κ2) is 5.92. The van der Waals surface area contributed by atoms with Crippen molar-refractivity contribution in [3.05, 3.63) is 40.7 Å². The first-order chi connectivity index (χ1) is 9.76. The van der Waals surface area contributed by atoms with Crippen LogP contribution in [0.3, 0.4) is 0 Å². The van der Waals surface area contributed by atoms with E-state index in [1.807, 2.05) is 42.1 Å². The summed E-state index contributed by atoms with van der Waals surface area (Å²) < 4.78 is 0. The Morgan fingerprint density at radius 2 is 2.15 bits per heavy atom. The van der Waals surface area contributed by atoms with Gasteiger partial charge in [-0.1, -0.05) is 24.6 Å². The summed E-state index contributed by atoms with van der Waals surface area (Å²) in [5, 5.41) is 6.00. The summed E-state index contributed by atoms with van der Waals surface area (Å²) in [6.07, 6.45) is 7.13. The van der Waals surface area contributed by atoms with Crippen LogP contribution in [0.4, 0.5) is 5.82 Å². The highest BCUT2D eigenvalue weighted by Gasteiger charge is 2.21. The normalized spacial score (nSPS) is 22.9. The summed E-state index contributed by atoms with van der Waals surface area (Å²) in [6.45, 7) is 0. The molecule has 1 aliphatic rings. The van der Waals surface area contributed by atoms with Crippen molar-refractivity contribution in [2.45, 2.75) is 37.0 Å². The van der Waals surface area contributed by atoms with Crippen LogP contribution in [0.25, 0.3) is 10.8 Å². The first-order valence-corrected chi connectivity index (χ1v) is 8.46. The van der Waals surface area contributed by atoms with Crippen LogP contribution >= 0.6 is 11.8 Å². The summed E-state index contributed by atoms with van der Waals surface area (Å²) in [5.74, 6) is 0.848. The van der Waals surface area contributed by atoms with Crippen molar-refractivity contribution in [3.8, 4) is 0 Å². The SMILES string of the molecule is CSC1CCCC(Nc2cc3ccccc3c(=O)[nH]2)C1. The molecule has 1 heterocycles. The molecule has 0 spiro atoms. The van der Waals surface area contributed by atoms with E-state index < -0.39 is 0 Å². The molecule has 1 saturated carbocycles. The second-order valence-corrected chi connectivity index (χ2v) is 6.60. The molecular formula is C16H20N2OS. The summed E-state index contributed by atoms with van der Waals surface area (Å²) in [5.41, 5.74) is -0.0113. The number of nitrogens with one attached hydrogen (secondary N) is 2. The fourth-order valence-corrected chi connectivity index (χ4v) is 3.83. The molecule has 2 aromatic rings. The van der Waals surface area contributed by atoms with Gasteiger partial charge in [0.15, 0.2) is 0 Å². The molecule has 0 amide bonds. The van der Waals surface area contributed by atoms with Crippen molar-refractivity contribution in [1.29, 1.82) is 0 Å². The van der Waals surface area contributed by atoms with Crippen molar-refractivity contribution in [1.82, 2.24) is 4.98 Å². The Labute approximate surface area is 123 Å². The average molecular weight is 288 g/mol. The lowest BCUT2D eigenvalue weighted by Crippen LogP contribution is -2.29. The van der Waals surface area contributed by atoms with Gasteiger partial charge in [-0.15, -0.1) is 0 Å². The summed E-state index contributed by atoms with van der Waals surface area (Å²) in [6, 6.07) is 10.2. The van der Waals surface area contributed by atoms with Crippen LogP contribution in [0.1, 0.15) is 25.7 Å². The van der Waals surface area contributed by atoms with E-state index in [9.17, 15) is 4.79 Å². The second-order valence-electron chi connectivity index (χ2n) is 5.46. The van der Waals surface area contributed by atoms with Crippen LogP contribution in [0.15, 0.2) is 35.1 Å². The number of anilines is 1. The molecule has 1 aliphatic carbocycles. The molecular weight excluding hydrogens is 268 g/mol. The predicted octanol–water partition coefficient (Wildman–Crippen LogP) is 3.61. The molecule has 0 radical (unpaired) electrons. The van der Waals surface area contributed by atoms with Crippen LogP contribution in [-0.4, -0.2) is 22.5 Å². The molecule has 0 aliphatic heterocycles. The minimum atomic E-state index is -0.0113. The zero-order valence-corrected chi connectivity index (χ0v) is 12.5. The molecule has 2 N–H and O–H groups in total. The van der Waals surface area contributed by atoms with Crippen molar-refractivity contribution in [2.24, 2.45) is 0 Å². The molecule has 106 valence electrons. The van der Waals surface area contributed by atoms with E-state index in [1.165, 1.54) is 25.7 Å². The number of fused-ring (bicyclic) bond motifs is 1. The maximum absolute atomic E-state index is 12.1. The number of benzene rings is 1. The van der Waals surface area contributed by atoms with Crippen LogP contribution in [0.5, 0.6) is 0 Å². The zero-order valence-electron chi connectivity index (χ0n) is 11.7. The van der Waals surface area contributed by atoms with E-state index in [-0.39, 0.29) is 5.56 Å². The van der Waals surface area contributed by atoms with E-state index in [2.05, 4.69) is 16.6 Å². The third kappa shape index (κ3) is 2.85. The molecule has 0 saturated heterocycles. The van der Waals surface area contributed by atoms with Crippen molar-refractivity contribution in [2.75, 3.05) is 11.6 Å². The molecule has 1 aromatic heterocycles.